The van der Waals surface area contributed by atoms with Crippen molar-refractivity contribution in [2.45, 2.75) is 31.2 Å². The lowest BCUT2D eigenvalue weighted by atomic mass is 10.1. The van der Waals surface area contributed by atoms with Crippen LogP contribution in [0, 0.1) is 0 Å². The van der Waals surface area contributed by atoms with Crippen molar-refractivity contribution in [2.75, 3.05) is 6.61 Å². The highest BCUT2D eigenvalue weighted by Gasteiger charge is 2.27. The van der Waals surface area contributed by atoms with Gasteiger partial charge in [0.25, 0.3) is 0 Å². The molecule has 0 saturated heterocycles. The largest absolute Gasteiger partial charge is 0.396 e. The molecule has 1 fully saturated rings. The van der Waals surface area contributed by atoms with E-state index in [9.17, 15) is 0 Å². The number of aliphatic hydroxyl groups excluding tert-OH is 1. The van der Waals surface area contributed by atoms with Crippen molar-refractivity contribution in [1.29, 1.82) is 0 Å². The number of nitrogens with zero attached hydrogens (tertiary/aromatic N) is 2. The molecule has 0 aliphatic heterocycles. The fraction of sp³-hybridized carbons (Fsp3) is 0.600. The van der Waals surface area contributed by atoms with E-state index in [-0.39, 0.29) is 12.6 Å². The van der Waals surface area contributed by atoms with Gasteiger partial charge in [0, 0.05) is 18.7 Å². The first kappa shape index (κ1) is 11.0. The Morgan fingerprint density at radius 1 is 1.60 bits per heavy atom. The van der Waals surface area contributed by atoms with E-state index in [0.717, 1.165) is 16.0 Å². The van der Waals surface area contributed by atoms with Gasteiger partial charge in [0.15, 0.2) is 0 Å². The molecule has 1 heterocycles. The Morgan fingerprint density at radius 2 is 2.33 bits per heavy atom. The maximum absolute atomic E-state index is 8.84. The van der Waals surface area contributed by atoms with Crippen molar-refractivity contribution in [3.63, 3.8) is 0 Å². The van der Waals surface area contributed by atoms with Crippen LogP contribution in [0.25, 0.3) is 0 Å². The van der Waals surface area contributed by atoms with Gasteiger partial charge in [0.1, 0.15) is 5.82 Å². The number of aromatic nitrogens is 2. The Morgan fingerprint density at radius 3 is 2.93 bits per heavy atom. The van der Waals surface area contributed by atoms with Crippen molar-refractivity contribution in [2.24, 2.45) is 5.73 Å². The lowest BCUT2D eigenvalue weighted by Crippen LogP contribution is -2.15. The average molecular weight is 272 g/mol. The van der Waals surface area contributed by atoms with E-state index in [1.165, 1.54) is 12.8 Å². The average Bonchev–Trinajstić information content (AvgIpc) is 3.02. The fourth-order valence-corrected chi connectivity index (χ4v) is 1.95. The molecule has 0 aromatic carbocycles. The normalized spacial score (nSPS) is 17.8. The van der Waals surface area contributed by atoms with E-state index >= 15 is 0 Å². The molecule has 0 amide bonds. The first-order valence-electron chi connectivity index (χ1n) is 5.11. The highest BCUT2D eigenvalue weighted by atomic mass is 79.9. The van der Waals surface area contributed by atoms with Gasteiger partial charge in [0.2, 0.25) is 0 Å². The molecule has 4 nitrogen and oxygen atoms in total. The third kappa shape index (κ3) is 2.53. The molecule has 1 aliphatic carbocycles. The summed E-state index contributed by atoms with van der Waals surface area (Å²) in [5, 5.41) is 8.84. The van der Waals surface area contributed by atoms with Gasteiger partial charge in [-0.1, -0.05) is 0 Å². The zero-order valence-corrected chi connectivity index (χ0v) is 9.94. The zero-order chi connectivity index (χ0) is 10.8. The summed E-state index contributed by atoms with van der Waals surface area (Å²) < 4.78 is 0.827. The first-order valence-corrected chi connectivity index (χ1v) is 5.90. The Labute approximate surface area is 97.1 Å². The smallest absolute Gasteiger partial charge is 0.131 e. The standard InChI is InChI=1S/C10H14BrN3O/c11-7-5-13-10(6-1-2-6)14-9(7)8(12)3-4-15/h5-6,8,15H,1-4,12H2. The molecule has 0 bridgehead atoms. The molecular formula is C10H14BrN3O. The second-order valence-electron chi connectivity index (χ2n) is 3.85. The van der Waals surface area contributed by atoms with Crippen LogP contribution in [-0.4, -0.2) is 21.7 Å². The first-order chi connectivity index (χ1) is 7.22. The summed E-state index contributed by atoms with van der Waals surface area (Å²) in [6, 6.07) is -0.218. The number of halogens is 1. The molecule has 5 heteroatoms. The molecule has 3 N–H and O–H groups in total. The summed E-state index contributed by atoms with van der Waals surface area (Å²) in [6.07, 6.45) is 4.64. The molecule has 15 heavy (non-hydrogen) atoms. The lowest BCUT2D eigenvalue weighted by molar-refractivity contribution is 0.275. The van der Waals surface area contributed by atoms with Gasteiger partial charge in [0.05, 0.1) is 16.2 Å². The van der Waals surface area contributed by atoms with E-state index in [1.54, 1.807) is 6.20 Å². The second kappa shape index (κ2) is 4.55. The van der Waals surface area contributed by atoms with Gasteiger partial charge in [-0.05, 0) is 35.2 Å². The molecule has 1 atom stereocenters. The van der Waals surface area contributed by atoms with Gasteiger partial charge in [-0.3, -0.25) is 0 Å². The van der Waals surface area contributed by atoms with Gasteiger partial charge in [-0.25, -0.2) is 9.97 Å². The molecule has 1 unspecified atom stereocenters. The Bertz CT molecular complexity index is 355. The van der Waals surface area contributed by atoms with E-state index in [4.69, 9.17) is 10.8 Å². The van der Waals surface area contributed by atoms with E-state index in [0.29, 0.717) is 12.3 Å². The molecule has 1 saturated carbocycles. The second-order valence-corrected chi connectivity index (χ2v) is 4.71. The molecule has 1 aliphatic rings. The van der Waals surface area contributed by atoms with Crippen LogP contribution in [0.4, 0.5) is 0 Å². The van der Waals surface area contributed by atoms with Gasteiger partial charge < -0.3 is 10.8 Å². The highest BCUT2D eigenvalue weighted by molar-refractivity contribution is 9.10. The van der Waals surface area contributed by atoms with Crippen LogP contribution in [-0.2, 0) is 0 Å². The van der Waals surface area contributed by atoms with Crippen LogP contribution in [0.2, 0.25) is 0 Å². The van der Waals surface area contributed by atoms with Crippen LogP contribution in [0.1, 0.15) is 42.7 Å². The number of nitrogens with two attached hydrogens (primary N) is 1. The number of rotatable bonds is 4. The summed E-state index contributed by atoms with van der Waals surface area (Å²) in [4.78, 5) is 8.73. The monoisotopic (exact) mass is 271 g/mol. The minimum Gasteiger partial charge on any atom is -0.396 e. The fourth-order valence-electron chi connectivity index (χ4n) is 1.47. The van der Waals surface area contributed by atoms with Crippen molar-refractivity contribution in [1.82, 2.24) is 9.97 Å². The number of hydrogen-bond donors (Lipinski definition) is 2. The third-order valence-electron chi connectivity index (χ3n) is 2.52. The Kier molecular flexibility index (Phi) is 3.33. The van der Waals surface area contributed by atoms with E-state index < -0.39 is 0 Å². The minimum absolute atomic E-state index is 0.0797. The molecule has 2 rings (SSSR count). The maximum atomic E-state index is 8.84. The number of aliphatic hydroxyl groups is 1. The van der Waals surface area contributed by atoms with Crippen molar-refractivity contribution in [3.8, 4) is 0 Å². The highest BCUT2D eigenvalue weighted by Crippen LogP contribution is 2.38. The van der Waals surface area contributed by atoms with Gasteiger partial charge in [-0.2, -0.15) is 0 Å². The van der Waals surface area contributed by atoms with Crippen molar-refractivity contribution >= 4 is 15.9 Å². The lowest BCUT2D eigenvalue weighted by Gasteiger charge is -2.12. The van der Waals surface area contributed by atoms with Crippen molar-refractivity contribution < 1.29 is 5.11 Å². The topological polar surface area (TPSA) is 72.0 Å². The van der Waals surface area contributed by atoms with E-state index in [1.807, 2.05) is 0 Å². The Hall–Kier alpha value is -0.520. The summed E-state index contributed by atoms with van der Waals surface area (Å²) in [5.74, 6) is 1.42. The molecule has 0 radical (unpaired) electrons. The summed E-state index contributed by atoms with van der Waals surface area (Å²) >= 11 is 3.38. The zero-order valence-electron chi connectivity index (χ0n) is 8.36. The number of hydrogen-bond acceptors (Lipinski definition) is 4. The summed E-state index contributed by atoms with van der Waals surface area (Å²) in [6.45, 7) is 0.0797. The summed E-state index contributed by atoms with van der Waals surface area (Å²) in [7, 11) is 0. The molecular weight excluding hydrogens is 258 g/mol. The van der Waals surface area contributed by atoms with Crippen LogP contribution >= 0.6 is 15.9 Å². The quantitative estimate of drug-likeness (QED) is 0.871. The van der Waals surface area contributed by atoms with E-state index in [2.05, 4.69) is 25.9 Å². The van der Waals surface area contributed by atoms with Crippen molar-refractivity contribution in [3.05, 3.63) is 22.2 Å². The predicted molar refractivity (Wildman–Crippen MR) is 60.3 cm³/mol. The van der Waals surface area contributed by atoms with Crippen LogP contribution < -0.4 is 5.73 Å². The van der Waals surface area contributed by atoms with Crippen LogP contribution in [0.5, 0.6) is 0 Å². The Balaban J connectivity index is 2.23. The maximum Gasteiger partial charge on any atom is 0.131 e. The van der Waals surface area contributed by atoms with Crippen LogP contribution in [0.15, 0.2) is 10.7 Å². The SMILES string of the molecule is NC(CCO)c1nc(C2CC2)ncc1Br. The molecule has 1 aromatic rings. The predicted octanol–water partition coefficient (Wildman–Crippen LogP) is 1.50. The third-order valence-corrected chi connectivity index (χ3v) is 3.13. The molecule has 0 spiro atoms. The van der Waals surface area contributed by atoms with Crippen LogP contribution in [0.3, 0.4) is 0 Å². The summed E-state index contributed by atoms with van der Waals surface area (Å²) in [5.41, 5.74) is 6.72. The molecule has 1 aromatic heterocycles. The van der Waals surface area contributed by atoms with Gasteiger partial charge >= 0.3 is 0 Å². The van der Waals surface area contributed by atoms with Gasteiger partial charge in [-0.15, -0.1) is 0 Å². The molecule has 82 valence electrons. The minimum atomic E-state index is -0.218.